The zero-order valence-electron chi connectivity index (χ0n) is 33.8. The number of cyclic esters (lactones) is 1. The maximum absolute atomic E-state index is 14.4. The van der Waals surface area contributed by atoms with Crippen molar-refractivity contribution in [2.24, 2.45) is 17.8 Å². The molecule has 14 nitrogen and oxygen atoms in total. The minimum atomic E-state index is -1.61. The number of ether oxygens (including phenoxy) is 6. The Bertz CT molecular complexity index is 1700. The summed E-state index contributed by atoms with van der Waals surface area (Å²) in [5.74, 6) is -5.23. The fourth-order valence-electron chi connectivity index (χ4n) is 7.68. The number of ketones is 2. The van der Waals surface area contributed by atoms with E-state index < -0.39 is 77.4 Å². The third-order valence-corrected chi connectivity index (χ3v) is 10.9. The topological polar surface area (TPSA) is 162 Å². The first-order valence-electron chi connectivity index (χ1n) is 18.8. The number of benzene rings is 1. The van der Waals surface area contributed by atoms with Gasteiger partial charge < -0.3 is 33.3 Å². The molecule has 11 atom stereocenters. The van der Waals surface area contributed by atoms with Crippen LogP contribution in [-0.2, 0) is 42.8 Å². The van der Waals surface area contributed by atoms with Crippen LogP contribution in [0.2, 0.25) is 0 Å². The van der Waals surface area contributed by atoms with Gasteiger partial charge in [0.25, 0.3) is 0 Å². The molecule has 2 aliphatic heterocycles. The van der Waals surface area contributed by atoms with Crippen LogP contribution in [0.4, 0.5) is 4.79 Å². The predicted molar refractivity (Wildman–Crippen MR) is 201 cm³/mol. The summed E-state index contributed by atoms with van der Waals surface area (Å²) in [5, 5.41) is 0. The summed E-state index contributed by atoms with van der Waals surface area (Å²) in [6.07, 6.45) is 0.963. The Morgan fingerprint density at radius 2 is 1.73 bits per heavy atom. The van der Waals surface area contributed by atoms with Gasteiger partial charge in [-0.3, -0.25) is 14.4 Å². The SMILES string of the molecule is CC[C@H]1OC(=O)[C@H](C)C(=O)[C@@H](C)[C@H](O[C@@H]2O[C@H](C)C[C@H](N(C)C)[C@H]2OC(=O)c2ccccc2)[C@@](C)(OC)C[C@H](C)C(=O)/C(C)=C/[C@]1(C)OC(=O)n1ccnc1. The average molecular weight is 768 g/mol. The summed E-state index contributed by atoms with van der Waals surface area (Å²) >= 11 is 0. The van der Waals surface area contributed by atoms with Gasteiger partial charge in [0.2, 0.25) is 0 Å². The first-order chi connectivity index (χ1) is 25.8. The maximum atomic E-state index is 14.4. The van der Waals surface area contributed by atoms with Crippen LogP contribution >= 0.6 is 0 Å². The van der Waals surface area contributed by atoms with Crippen molar-refractivity contribution in [2.75, 3.05) is 21.2 Å². The molecule has 4 rings (SSSR count). The van der Waals surface area contributed by atoms with E-state index in [1.165, 1.54) is 38.8 Å². The van der Waals surface area contributed by atoms with Crippen molar-refractivity contribution >= 4 is 29.6 Å². The summed E-state index contributed by atoms with van der Waals surface area (Å²) in [6.45, 7) is 13.4. The van der Waals surface area contributed by atoms with Crippen LogP contribution in [0.1, 0.15) is 85.0 Å². The highest BCUT2D eigenvalue weighted by molar-refractivity contribution is 6.00. The summed E-state index contributed by atoms with van der Waals surface area (Å²) in [5.41, 5.74) is -2.32. The molecule has 3 heterocycles. The van der Waals surface area contributed by atoms with Crippen LogP contribution in [0.15, 0.2) is 60.7 Å². The zero-order valence-corrected chi connectivity index (χ0v) is 33.8. The molecular formula is C41H57N3O11. The number of esters is 2. The van der Waals surface area contributed by atoms with Gasteiger partial charge in [0.05, 0.1) is 29.4 Å². The molecule has 55 heavy (non-hydrogen) atoms. The lowest BCUT2D eigenvalue weighted by atomic mass is 9.77. The first-order valence-corrected chi connectivity index (χ1v) is 18.8. The summed E-state index contributed by atoms with van der Waals surface area (Å²) in [4.78, 5) is 74.9. The fraction of sp³-hybridized carbons (Fsp3) is 0.610. The molecule has 0 radical (unpaired) electrons. The Morgan fingerprint density at radius 3 is 2.31 bits per heavy atom. The number of allylic oxidation sites excluding steroid dienone is 1. The standard InChI is InChI=1S/C41H57N3O11/c1-12-31-40(7,55-39(49)44-19-18-42-23-44)21-24(2)32(45)25(3)22-41(8,50-11)35(27(5)33(46)28(6)36(47)52-31)54-38-34(30(43(9)10)20-26(4)51-38)53-37(48)29-16-14-13-15-17-29/h13-19,21,23,25-28,30-31,34-35,38H,12,20,22H2,1-11H3/b24-21+/t25-,26+,27+,28+,30-,31+,34+,35-,38-,40-,41-/m0/s1. The maximum Gasteiger partial charge on any atom is 0.420 e. The number of hydrogen-bond donors (Lipinski definition) is 0. The van der Waals surface area contributed by atoms with Crippen molar-refractivity contribution in [3.63, 3.8) is 0 Å². The second-order valence-corrected chi connectivity index (χ2v) is 15.5. The zero-order chi connectivity index (χ0) is 40.8. The van der Waals surface area contributed by atoms with E-state index in [1.54, 1.807) is 71.9 Å². The lowest BCUT2D eigenvalue weighted by Gasteiger charge is -2.47. The van der Waals surface area contributed by atoms with E-state index in [4.69, 9.17) is 28.4 Å². The quantitative estimate of drug-likeness (QED) is 0.190. The van der Waals surface area contributed by atoms with Crippen LogP contribution in [-0.4, -0.2) is 113 Å². The van der Waals surface area contributed by atoms with Crippen molar-refractivity contribution in [1.82, 2.24) is 14.5 Å². The number of methoxy groups -OCH3 is 1. The average Bonchev–Trinajstić information content (AvgIpc) is 3.70. The largest absolute Gasteiger partial charge is 0.457 e. The molecule has 0 unspecified atom stereocenters. The van der Waals surface area contributed by atoms with E-state index in [1.807, 2.05) is 25.9 Å². The number of imidazole rings is 1. The summed E-state index contributed by atoms with van der Waals surface area (Å²) < 4.78 is 38.5. The normalized spacial score (nSPS) is 34.9. The van der Waals surface area contributed by atoms with Crippen molar-refractivity contribution in [1.29, 1.82) is 0 Å². The van der Waals surface area contributed by atoms with Gasteiger partial charge in [-0.25, -0.2) is 19.1 Å². The molecule has 0 spiro atoms. The molecular weight excluding hydrogens is 710 g/mol. The molecule has 0 bridgehead atoms. The molecule has 2 aliphatic rings. The van der Waals surface area contributed by atoms with E-state index in [0.29, 0.717) is 12.0 Å². The number of carbonyl (C=O) groups excluding carboxylic acids is 5. The van der Waals surface area contributed by atoms with Gasteiger partial charge in [-0.1, -0.05) is 39.0 Å². The van der Waals surface area contributed by atoms with Gasteiger partial charge in [-0.15, -0.1) is 0 Å². The van der Waals surface area contributed by atoms with Gasteiger partial charge in [0, 0.05) is 31.3 Å². The van der Waals surface area contributed by atoms with E-state index in [2.05, 4.69) is 4.98 Å². The number of rotatable bonds is 8. The monoisotopic (exact) mass is 767 g/mol. The molecule has 1 aromatic heterocycles. The highest BCUT2D eigenvalue weighted by Crippen LogP contribution is 2.38. The minimum Gasteiger partial charge on any atom is -0.457 e. The predicted octanol–water partition coefficient (Wildman–Crippen LogP) is 5.43. The highest BCUT2D eigenvalue weighted by atomic mass is 16.7. The second-order valence-electron chi connectivity index (χ2n) is 15.5. The van der Waals surface area contributed by atoms with Crippen molar-refractivity contribution in [3.05, 3.63) is 66.3 Å². The summed E-state index contributed by atoms with van der Waals surface area (Å²) in [6, 6.07) is 8.25. The van der Waals surface area contributed by atoms with Gasteiger partial charge in [0.15, 0.2) is 29.6 Å². The Morgan fingerprint density at radius 1 is 1.05 bits per heavy atom. The molecule has 2 aromatic rings. The van der Waals surface area contributed by atoms with Gasteiger partial charge in [0.1, 0.15) is 18.3 Å². The number of Topliss-reactive ketones (excluding diaryl/α,β-unsaturated/α-hetero) is 2. The van der Waals surface area contributed by atoms with Crippen LogP contribution in [0.3, 0.4) is 0 Å². The van der Waals surface area contributed by atoms with Gasteiger partial charge in [-0.05, 0) is 91.8 Å². The van der Waals surface area contributed by atoms with E-state index in [9.17, 15) is 24.0 Å². The first kappa shape index (κ1) is 43.5. The van der Waals surface area contributed by atoms with Crippen LogP contribution < -0.4 is 0 Å². The molecule has 302 valence electrons. The number of likely N-dealkylation sites (N-methyl/N-ethyl adjacent to an activating group) is 1. The number of hydrogen-bond acceptors (Lipinski definition) is 13. The number of carbonyl (C=O) groups is 5. The van der Waals surface area contributed by atoms with Gasteiger partial charge in [-0.2, -0.15) is 0 Å². The molecule has 1 aromatic carbocycles. The lowest BCUT2D eigenvalue weighted by Crippen LogP contribution is -2.60. The minimum absolute atomic E-state index is 0.0746. The highest BCUT2D eigenvalue weighted by Gasteiger charge is 2.51. The molecule has 0 N–H and O–H groups in total. The van der Waals surface area contributed by atoms with Crippen LogP contribution in [0.25, 0.3) is 0 Å². The third kappa shape index (κ3) is 9.96. The van der Waals surface area contributed by atoms with E-state index >= 15 is 0 Å². The molecule has 0 amide bonds. The van der Waals surface area contributed by atoms with Crippen molar-refractivity contribution < 1.29 is 52.4 Å². The molecule has 0 aliphatic carbocycles. The van der Waals surface area contributed by atoms with Gasteiger partial charge >= 0.3 is 18.0 Å². The number of aromatic nitrogens is 2. The van der Waals surface area contributed by atoms with E-state index in [0.717, 1.165) is 4.57 Å². The lowest BCUT2D eigenvalue weighted by molar-refractivity contribution is -0.294. The molecule has 1 fully saturated rings. The van der Waals surface area contributed by atoms with Crippen LogP contribution in [0, 0.1) is 17.8 Å². The fourth-order valence-corrected chi connectivity index (χ4v) is 7.68. The molecule has 0 saturated carbocycles. The third-order valence-electron chi connectivity index (χ3n) is 10.9. The second kappa shape index (κ2) is 18.1. The Hall–Kier alpha value is -4.24. The Balaban J connectivity index is 1.78. The van der Waals surface area contributed by atoms with Crippen LogP contribution in [0.5, 0.6) is 0 Å². The smallest absolute Gasteiger partial charge is 0.420 e. The number of nitrogens with zero attached hydrogens (tertiary/aromatic N) is 3. The Labute approximate surface area is 323 Å². The van der Waals surface area contributed by atoms with Crippen molar-refractivity contribution in [2.45, 2.75) is 123 Å². The summed E-state index contributed by atoms with van der Waals surface area (Å²) in [7, 11) is 5.21. The van der Waals surface area contributed by atoms with Crippen molar-refractivity contribution in [3.8, 4) is 0 Å². The van der Waals surface area contributed by atoms with E-state index in [-0.39, 0.29) is 36.3 Å². The Kier molecular flexibility index (Phi) is 14.3. The molecule has 14 heteroatoms. The molecule has 1 saturated heterocycles.